The van der Waals surface area contributed by atoms with Gasteiger partial charge in [-0.15, -0.1) is 0 Å². The van der Waals surface area contributed by atoms with Gasteiger partial charge in [-0.3, -0.25) is 0 Å². The van der Waals surface area contributed by atoms with Crippen molar-refractivity contribution in [3.63, 3.8) is 0 Å². The number of hydrogen-bond donors (Lipinski definition) is 0. The molecule has 2 fully saturated rings. The van der Waals surface area contributed by atoms with Gasteiger partial charge in [-0.2, -0.15) is 0 Å². The molecule has 0 bridgehead atoms. The van der Waals surface area contributed by atoms with Crippen molar-refractivity contribution < 1.29 is 13.2 Å². The Morgan fingerprint density at radius 1 is 1.12 bits per heavy atom. The molecule has 0 aromatic rings. The summed E-state index contributed by atoms with van der Waals surface area (Å²) in [7, 11) is -2.81. The van der Waals surface area contributed by atoms with Crippen LogP contribution < -0.4 is 0 Å². The Morgan fingerprint density at radius 3 is 2.00 bits per heavy atom. The van der Waals surface area contributed by atoms with E-state index in [-0.39, 0.29) is 22.5 Å². The van der Waals surface area contributed by atoms with Crippen LogP contribution in [0.15, 0.2) is 0 Å². The highest BCUT2D eigenvalue weighted by Crippen LogP contribution is 2.46. The zero-order chi connectivity index (χ0) is 12.0. The normalized spacial score (nSPS) is 28.9. The van der Waals surface area contributed by atoms with Crippen LogP contribution in [0.2, 0.25) is 0 Å². The van der Waals surface area contributed by atoms with E-state index in [0.29, 0.717) is 18.9 Å². The van der Waals surface area contributed by atoms with Gasteiger partial charge in [-0.1, -0.05) is 20.8 Å². The van der Waals surface area contributed by atoms with Crippen molar-refractivity contribution in [2.45, 2.75) is 58.2 Å². The lowest BCUT2D eigenvalue weighted by molar-refractivity contribution is -0.132. The minimum Gasteiger partial charge on any atom is -0.371 e. The van der Waals surface area contributed by atoms with E-state index in [4.69, 9.17) is 4.74 Å². The van der Waals surface area contributed by atoms with E-state index in [0.717, 1.165) is 12.8 Å². The molecule has 0 spiro atoms. The van der Waals surface area contributed by atoms with Crippen LogP contribution in [-0.2, 0) is 14.6 Å². The molecule has 0 N–H and O–H groups in total. The van der Waals surface area contributed by atoms with Crippen LogP contribution in [0, 0.1) is 5.41 Å². The standard InChI is InChI=1S/C12H22O3S/c1-11(2,3)12(15-10-4-5-10)6-8-16(13,14)9-7-12/h10H,4-9H2,1-3H3. The molecular formula is C12H22O3S. The smallest absolute Gasteiger partial charge is 0.150 e. The van der Waals surface area contributed by atoms with E-state index >= 15 is 0 Å². The molecule has 1 aliphatic carbocycles. The lowest BCUT2D eigenvalue weighted by Gasteiger charge is -2.47. The molecular weight excluding hydrogens is 224 g/mol. The third-order valence-corrected chi connectivity index (χ3v) is 5.57. The highest BCUT2D eigenvalue weighted by Gasteiger charge is 2.49. The minimum absolute atomic E-state index is 0.0194. The van der Waals surface area contributed by atoms with Gasteiger partial charge in [0, 0.05) is 0 Å². The third-order valence-electron chi connectivity index (χ3n) is 3.92. The number of sulfone groups is 1. The van der Waals surface area contributed by atoms with E-state index in [1.807, 2.05) is 0 Å². The van der Waals surface area contributed by atoms with Gasteiger partial charge >= 0.3 is 0 Å². The molecule has 0 radical (unpaired) electrons. The molecule has 1 saturated carbocycles. The highest BCUT2D eigenvalue weighted by atomic mass is 32.2. The summed E-state index contributed by atoms with van der Waals surface area (Å²) in [5.74, 6) is 0.577. The van der Waals surface area contributed by atoms with Crippen LogP contribution in [0.4, 0.5) is 0 Å². The summed E-state index contributed by atoms with van der Waals surface area (Å²) >= 11 is 0. The average Bonchev–Trinajstić information content (AvgIpc) is 2.91. The molecule has 1 saturated heterocycles. The number of rotatable bonds is 2. The SMILES string of the molecule is CC(C)(C)C1(OC2CC2)CCS(=O)(=O)CC1. The van der Waals surface area contributed by atoms with Gasteiger partial charge in [0.1, 0.15) is 0 Å². The second kappa shape index (κ2) is 3.70. The van der Waals surface area contributed by atoms with Crippen molar-refractivity contribution in [3.8, 4) is 0 Å². The van der Waals surface area contributed by atoms with Crippen molar-refractivity contribution >= 4 is 9.84 Å². The summed E-state index contributed by atoms with van der Waals surface area (Å²) in [4.78, 5) is 0. The highest BCUT2D eigenvalue weighted by molar-refractivity contribution is 7.91. The fourth-order valence-corrected chi connectivity index (χ4v) is 3.90. The predicted molar refractivity (Wildman–Crippen MR) is 64.2 cm³/mol. The molecule has 2 aliphatic rings. The van der Waals surface area contributed by atoms with Gasteiger partial charge in [0.25, 0.3) is 0 Å². The van der Waals surface area contributed by atoms with Gasteiger partial charge in [0.05, 0.1) is 23.2 Å². The third kappa shape index (κ3) is 2.43. The van der Waals surface area contributed by atoms with Crippen LogP contribution in [0.5, 0.6) is 0 Å². The largest absolute Gasteiger partial charge is 0.371 e. The van der Waals surface area contributed by atoms with Crippen molar-refractivity contribution in [3.05, 3.63) is 0 Å². The topological polar surface area (TPSA) is 43.4 Å². The maximum atomic E-state index is 11.5. The summed E-state index contributed by atoms with van der Waals surface area (Å²) in [5.41, 5.74) is -0.203. The Bertz CT molecular complexity index is 346. The summed E-state index contributed by atoms with van der Waals surface area (Å²) in [5, 5.41) is 0. The quantitative estimate of drug-likeness (QED) is 0.750. The van der Waals surface area contributed by atoms with Crippen LogP contribution in [0.3, 0.4) is 0 Å². The zero-order valence-corrected chi connectivity index (χ0v) is 11.3. The molecule has 1 heterocycles. The van der Waals surface area contributed by atoms with E-state index in [1.54, 1.807) is 0 Å². The first kappa shape index (κ1) is 12.4. The maximum absolute atomic E-state index is 11.5. The van der Waals surface area contributed by atoms with Gasteiger partial charge in [-0.25, -0.2) is 8.42 Å². The second-order valence-electron chi connectivity index (χ2n) is 6.21. The molecule has 4 heteroatoms. The van der Waals surface area contributed by atoms with Gasteiger partial charge < -0.3 is 4.74 Å². The Kier molecular flexibility index (Phi) is 2.86. The van der Waals surface area contributed by atoms with Crippen molar-refractivity contribution in [1.29, 1.82) is 0 Å². The Morgan fingerprint density at radius 2 is 1.62 bits per heavy atom. The van der Waals surface area contributed by atoms with Crippen LogP contribution >= 0.6 is 0 Å². The van der Waals surface area contributed by atoms with Gasteiger partial charge in [-0.05, 0) is 31.1 Å². The molecule has 3 nitrogen and oxygen atoms in total. The summed E-state index contributed by atoms with van der Waals surface area (Å²) < 4.78 is 29.2. The van der Waals surface area contributed by atoms with Gasteiger partial charge in [0.15, 0.2) is 9.84 Å². The molecule has 0 atom stereocenters. The molecule has 1 aliphatic heterocycles. The first-order chi connectivity index (χ1) is 7.24. The average molecular weight is 246 g/mol. The van der Waals surface area contributed by atoms with Crippen molar-refractivity contribution in [2.75, 3.05) is 11.5 Å². The van der Waals surface area contributed by atoms with Crippen molar-refractivity contribution in [1.82, 2.24) is 0 Å². The Hall–Kier alpha value is -0.0900. The Labute approximate surface area is 98.5 Å². The second-order valence-corrected chi connectivity index (χ2v) is 8.52. The monoisotopic (exact) mass is 246 g/mol. The molecule has 0 aromatic heterocycles. The summed E-state index contributed by atoms with van der Waals surface area (Å²) in [6.07, 6.45) is 4.00. The number of hydrogen-bond acceptors (Lipinski definition) is 3. The van der Waals surface area contributed by atoms with Crippen LogP contribution in [-0.4, -0.2) is 31.6 Å². The summed E-state index contributed by atoms with van der Waals surface area (Å²) in [6.45, 7) is 6.48. The minimum atomic E-state index is -2.81. The van der Waals surface area contributed by atoms with E-state index in [1.165, 1.54) is 0 Å². The van der Waals surface area contributed by atoms with Crippen LogP contribution in [0.1, 0.15) is 46.5 Å². The van der Waals surface area contributed by atoms with E-state index < -0.39 is 9.84 Å². The Balaban J connectivity index is 2.16. The first-order valence-corrected chi connectivity index (χ1v) is 7.95. The van der Waals surface area contributed by atoms with Crippen molar-refractivity contribution in [2.24, 2.45) is 5.41 Å². The lowest BCUT2D eigenvalue weighted by Crippen LogP contribution is -2.51. The van der Waals surface area contributed by atoms with E-state index in [2.05, 4.69) is 20.8 Å². The van der Waals surface area contributed by atoms with Gasteiger partial charge in [0.2, 0.25) is 0 Å². The maximum Gasteiger partial charge on any atom is 0.150 e. The summed E-state index contributed by atoms with van der Waals surface area (Å²) in [6, 6.07) is 0. The molecule has 94 valence electrons. The lowest BCUT2D eigenvalue weighted by atomic mass is 9.72. The molecule has 2 rings (SSSR count). The molecule has 0 unspecified atom stereocenters. The molecule has 16 heavy (non-hydrogen) atoms. The molecule has 0 amide bonds. The number of ether oxygens (including phenoxy) is 1. The fraction of sp³-hybridized carbons (Fsp3) is 1.00. The predicted octanol–water partition coefficient (Wildman–Crippen LogP) is 2.16. The fourth-order valence-electron chi connectivity index (χ4n) is 2.42. The first-order valence-electron chi connectivity index (χ1n) is 6.12. The van der Waals surface area contributed by atoms with E-state index in [9.17, 15) is 8.42 Å². The zero-order valence-electron chi connectivity index (χ0n) is 10.5. The van der Waals surface area contributed by atoms with Crippen LogP contribution in [0.25, 0.3) is 0 Å². The molecule has 0 aromatic carbocycles.